The Balaban J connectivity index is 1.21. The third-order valence-corrected chi connectivity index (χ3v) is 8.08. The molecule has 5 heteroatoms. The zero-order chi connectivity index (χ0) is 30.2. The molecule has 0 aliphatic heterocycles. The zero-order valence-electron chi connectivity index (χ0n) is 24.6. The maximum atomic E-state index is 5.18. The van der Waals surface area contributed by atoms with Crippen molar-refractivity contribution in [1.29, 1.82) is 0 Å². The minimum Gasteiger partial charge on any atom is -0.253 e. The summed E-state index contributed by atoms with van der Waals surface area (Å²) in [5.41, 5.74) is 11.4. The molecule has 0 unspecified atom stereocenters. The van der Waals surface area contributed by atoms with Crippen molar-refractivity contribution in [3.8, 4) is 56.5 Å². The number of rotatable bonds is 5. The Morgan fingerprint density at radius 1 is 0.400 bits per heavy atom. The van der Waals surface area contributed by atoms with Crippen molar-refractivity contribution in [1.82, 2.24) is 24.9 Å². The van der Waals surface area contributed by atoms with Gasteiger partial charge in [-0.25, -0.2) is 19.9 Å². The topological polar surface area (TPSA) is 64.5 Å². The van der Waals surface area contributed by atoms with E-state index in [1.165, 1.54) is 0 Å². The van der Waals surface area contributed by atoms with Crippen LogP contribution in [0.4, 0.5) is 0 Å². The first kappa shape index (κ1) is 26.5. The maximum Gasteiger partial charge on any atom is 0.179 e. The van der Waals surface area contributed by atoms with Gasteiger partial charge in [-0.15, -0.1) is 0 Å². The summed E-state index contributed by atoms with van der Waals surface area (Å²) in [4.78, 5) is 24.6. The van der Waals surface area contributed by atoms with Crippen LogP contribution in [0.25, 0.3) is 78.4 Å². The highest BCUT2D eigenvalue weighted by Crippen LogP contribution is 2.32. The third kappa shape index (κ3) is 5.11. The molecule has 0 spiro atoms. The molecule has 4 aromatic heterocycles. The molecule has 5 nitrogen and oxygen atoms in total. The highest BCUT2D eigenvalue weighted by atomic mass is 14.9. The maximum absolute atomic E-state index is 5.18. The molecule has 0 saturated carbocycles. The van der Waals surface area contributed by atoms with E-state index >= 15 is 0 Å². The van der Waals surface area contributed by atoms with E-state index in [0.717, 1.165) is 78.1 Å². The molecule has 0 bridgehead atoms. The van der Waals surface area contributed by atoms with Crippen molar-refractivity contribution in [2.24, 2.45) is 0 Å². The predicted molar refractivity (Wildman–Crippen MR) is 182 cm³/mol. The van der Waals surface area contributed by atoms with Crippen LogP contribution in [0.3, 0.4) is 0 Å². The van der Waals surface area contributed by atoms with Gasteiger partial charge in [-0.2, -0.15) is 0 Å². The lowest BCUT2D eigenvalue weighted by atomic mass is 10.0. The Bertz CT molecular complexity index is 2240. The van der Waals surface area contributed by atoms with Gasteiger partial charge in [0.1, 0.15) is 5.69 Å². The van der Waals surface area contributed by atoms with Gasteiger partial charge in [0.25, 0.3) is 0 Å². The molecule has 4 aromatic carbocycles. The normalized spacial score (nSPS) is 11.2. The summed E-state index contributed by atoms with van der Waals surface area (Å²) in [6.07, 6.45) is 1.77. The number of hydrogen-bond donors (Lipinski definition) is 0. The van der Waals surface area contributed by atoms with Crippen LogP contribution >= 0.6 is 0 Å². The molecule has 0 radical (unpaired) electrons. The lowest BCUT2D eigenvalue weighted by molar-refractivity contribution is 1.15. The van der Waals surface area contributed by atoms with Gasteiger partial charge in [0.15, 0.2) is 5.82 Å². The van der Waals surface area contributed by atoms with Gasteiger partial charge in [0, 0.05) is 39.2 Å². The summed E-state index contributed by atoms with van der Waals surface area (Å²) in [6.45, 7) is 2.14. The lowest BCUT2D eigenvalue weighted by Crippen LogP contribution is -1.97. The summed E-state index contributed by atoms with van der Waals surface area (Å²) in [5, 5.41) is 2.18. The van der Waals surface area contributed by atoms with E-state index in [0.29, 0.717) is 5.82 Å². The average molecular weight is 578 g/mol. The smallest absolute Gasteiger partial charge is 0.179 e. The molecule has 4 heterocycles. The average Bonchev–Trinajstić information content (AvgIpc) is 3.12. The van der Waals surface area contributed by atoms with Gasteiger partial charge in [0.2, 0.25) is 0 Å². The summed E-state index contributed by atoms with van der Waals surface area (Å²) in [6, 6.07) is 47.3. The van der Waals surface area contributed by atoms with Crippen LogP contribution < -0.4 is 0 Å². The minimum absolute atomic E-state index is 0.595. The van der Waals surface area contributed by atoms with Crippen LogP contribution in [0.5, 0.6) is 0 Å². The van der Waals surface area contributed by atoms with Gasteiger partial charge in [-0.1, -0.05) is 109 Å². The van der Waals surface area contributed by atoms with Crippen molar-refractivity contribution in [2.45, 2.75) is 6.92 Å². The van der Waals surface area contributed by atoms with E-state index in [9.17, 15) is 0 Å². The van der Waals surface area contributed by atoms with E-state index in [4.69, 9.17) is 19.9 Å². The van der Waals surface area contributed by atoms with Gasteiger partial charge in [-0.3, -0.25) is 4.98 Å². The van der Waals surface area contributed by atoms with E-state index < -0.39 is 0 Å². The molecule has 0 aliphatic carbocycles. The van der Waals surface area contributed by atoms with Gasteiger partial charge < -0.3 is 0 Å². The fourth-order valence-corrected chi connectivity index (χ4v) is 5.73. The number of fused-ring (bicyclic) bond motifs is 3. The quantitative estimate of drug-likeness (QED) is 0.191. The molecule has 8 aromatic rings. The number of hydrogen-bond acceptors (Lipinski definition) is 5. The van der Waals surface area contributed by atoms with E-state index in [2.05, 4.69) is 90.8 Å². The fourth-order valence-electron chi connectivity index (χ4n) is 5.73. The van der Waals surface area contributed by atoms with Crippen molar-refractivity contribution >= 4 is 21.8 Å². The fraction of sp³-hybridized carbons (Fsp3) is 0.0250. The van der Waals surface area contributed by atoms with Crippen molar-refractivity contribution < 1.29 is 0 Å². The number of nitrogens with zero attached hydrogens (tertiary/aromatic N) is 5. The van der Waals surface area contributed by atoms with Crippen LogP contribution in [-0.4, -0.2) is 24.9 Å². The second-order valence-corrected chi connectivity index (χ2v) is 11.0. The third-order valence-electron chi connectivity index (χ3n) is 8.08. The molecule has 0 amide bonds. The Hall–Kier alpha value is -6.07. The minimum atomic E-state index is 0.595. The monoisotopic (exact) mass is 577 g/mol. The summed E-state index contributed by atoms with van der Waals surface area (Å²) in [7, 11) is 0. The molecule has 45 heavy (non-hydrogen) atoms. The molecule has 0 aliphatic rings. The SMILES string of the molecule is Cc1cc(-c2ccc(-c3cc(-c4ccccc4)nc(-c4ccccn4)n3)cc2)nc2c1ccc1ccc(-c3ccccc3)nc12. The second kappa shape index (κ2) is 11.2. The van der Waals surface area contributed by atoms with Gasteiger partial charge in [-0.05, 0) is 42.8 Å². The first-order valence-corrected chi connectivity index (χ1v) is 14.9. The largest absolute Gasteiger partial charge is 0.253 e. The van der Waals surface area contributed by atoms with Crippen LogP contribution in [0.15, 0.2) is 146 Å². The highest BCUT2D eigenvalue weighted by Gasteiger charge is 2.14. The molecule has 0 saturated heterocycles. The highest BCUT2D eigenvalue weighted by molar-refractivity contribution is 6.05. The molecule has 0 atom stereocenters. The summed E-state index contributed by atoms with van der Waals surface area (Å²) >= 11 is 0. The standard InChI is InChI=1S/C40H27N5/c1-26-24-35(43-39-32(26)21-19-31-20-22-33(42-38(31)39)27-10-4-2-5-11-27)29-15-17-30(18-16-29)37-25-36(28-12-6-3-7-13-28)44-40(45-37)34-14-8-9-23-41-34/h2-25H,1H3. The molecular weight excluding hydrogens is 550 g/mol. The van der Waals surface area contributed by atoms with E-state index in [1.54, 1.807) is 6.20 Å². The lowest BCUT2D eigenvalue weighted by Gasteiger charge is -2.11. The molecule has 0 fully saturated rings. The first-order chi connectivity index (χ1) is 22.2. The zero-order valence-corrected chi connectivity index (χ0v) is 24.6. The Kier molecular flexibility index (Phi) is 6.61. The molecule has 8 rings (SSSR count). The Labute approximate surface area is 261 Å². The molecule has 0 N–H and O–H groups in total. The number of benzene rings is 4. The van der Waals surface area contributed by atoms with E-state index in [-0.39, 0.29) is 0 Å². The number of aromatic nitrogens is 5. The predicted octanol–water partition coefficient (Wildman–Crippen LogP) is 9.61. The second-order valence-electron chi connectivity index (χ2n) is 11.0. The number of aryl methyl sites for hydroxylation is 1. The van der Waals surface area contributed by atoms with Crippen molar-refractivity contribution in [3.05, 3.63) is 151 Å². The van der Waals surface area contributed by atoms with Crippen LogP contribution in [0.2, 0.25) is 0 Å². The van der Waals surface area contributed by atoms with Crippen LogP contribution in [0, 0.1) is 6.92 Å². The van der Waals surface area contributed by atoms with Gasteiger partial charge >= 0.3 is 0 Å². The van der Waals surface area contributed by atoms with Crippen LogP contribution in [-0.2, 0) is 0 Å². The Morgan fingerprint density at radius 3 is 1.60 bits per heavy atom. The van der Waals surface area contributed by atoms with Crippen molar-refractivity contribution in [3.63, 3.8) is 0 Å². The molecular formula is C40H27N5. The number of pyridine rings is 3. The first-order valence-electron chi connectivity index (χ1n) is 14.9. The molecule has 212 valence electrons. The van der Waals surface area contributed by atoms with E-state index in [1.807, 2.05) is 60.7 Å². The summed E-state index contributed by atoms with van der Waals surface area (Å²) in [5.74, 6) is 0.595. The summed E-state index contributed by atoms with van der Waals surface area (Å²) < 4.78 is 0. The Morgan fingerprint density at radius 2 is 0.956 bits per heavy atom. The van der Waals surface area contributed by atoms with Gasteiger partial charge in [0.05, 0.1) is 33.8 Å². The van der Waals surface area contributed by atoms with Crippen molar-refractivity contribution in [2.75, 3.05) is 0 Å². The van der Waals surface area contributed by atoms with Crippen LogP contribution in [0.1, 0.15) is 5.56 Å².